The summed E-state index contributed by atoms with van der Waals surface area (Å²) in [6.07, 6.45) is 2.04. The van der Waals surface area contributed by atoms with Crippen LogP contribution >= 0.6 is 0 Å². The first kappa shape index (κ1) is 25.3. The first-order chi connectivity index (χ1) is 15.7. The minimum absolute atomic E-state index is 0.0605. The third-order valence-electron chi connectivity index (χ3n) is 6.03. The molecule has 33 heavy (non-hydrogen) atoms. The monoisotopic (exact) mass is 479 g/mol. The number of likely N-dealkylation sites (N-methyl/N-ethyl adjacent to an activating group) is 1. The second-order valence-electron chi connectivity index (χ2n) is 8.56. The summed E-state index contributed by atoms with van der Waals surface area (Å²) in [5.74, 6) is -0.255. The molecule has 3 rings (SSSR count). The molecule has 0 fully saturated rings. The highest BCUT2D eigenvalue weighted by molar-refractivity contribution is 7.89. The van der Waals surface area contributed by atoms with Crippen molar-refractivity contribution in [2.45, 2.75) is 56.9 Å². The molecule has 1 aromatic heterocycles. The van der Waals surface area contributed by atoms with E-state index in [0.29, 0.717) is 25.9 Å². The molecule has 3 atom stereocenters. The van der Waals surface area contributed by atoms with Crippen molar-refractivity contribution in [3.05, 3.63) is 42.2 Å². The Labute approximate surface area is 195 Å². The van der Waals surface area contributed by atoms with Crippen LogP contribution in [0.1, 0.15) is 32.4 Å². The molecule has 0 bridgehead atoms. The number of sulfonamides is 1. The summed E-state index contributed by atoms with van der Waals surface area (Å²) in [4.78, 5) is 14.8. The lowest BCUT2D eigenvalue weighted by Gasteiger charge is -2.35. The summed E-state index contributed by atoms with van der Waals surface area (Å²) in [5, 5.41) is 17.7. The number of nitrogens with zero attached hydrogens (tertiary/aromatic N) is 5. The smallest absolute Gasteiger partial charge is 0.242 e. The molecule has 0 unspecified atom stereocenters. The number of hydrogen-bond donors (Lipinski definition) is 1. The van der Waals surface area contributed by atoms with Gasteiger partial charge in [-0.1, -0.05) is 30.3 Å². The van der Waals surface area contributed by atoms with Crippen molar-refractivity contribution in [3.8, 4) is 0 Å². The molecule has 2 heterocycles. The number of ether oxygens (including phenoxy) is 1. The van der Waals surface area contributed by atoms with Crippen molar-refractivity contribution in [1.29, 1.82) is 0 Å². The summed E-state index contributed by atoms with van der Waals surface area (Å²) in [5.41, 5.74) is 0.773. The molecule has 0 aliphatic carbocycles. The standard InChI is InChI=1S/C22H33N5O5S/c1-17-13-26(18(2)15-28)22(29)10-7-11-27-19(12-23-24-27)16-32-21(17)14-25(3)33(30,31)20-8-5-4-6-9-20/h4-6,8-9,12,17-18,21,28H,7,10-11,13-16H2,1-3H3/t17-,18+,21-/m1/s1. The molecule has 0 saturated carbocycles. The van der Waals surface area contributed by atoms with Crippen molar-refractivity contribution in [2.75, 3.05) is 26.7 Å². The minimum Gasteiger partial charge on any atom is -0.394 e. The van der Waals surface area contributed by atoms with Crippen LogP contribution in [-0.2, 0) is 32.7 Å². The number of aromatic nitrogens is 3. The molecule has 1 aliphatic rings. The maximum Gasteiger partial charge on any atom is 0.242 e. The van der Waals surface area contributed by atoms with Crippen LogP contribution in [0.2, 0.25) is 0 Å². The maximum atomic E-state index is 13.1. The Balaban J connectivity index is 1.86. The highest BCUT2D eigenvalue weighted by Crippen LogP contribution is 2.21. The molecule has 1 aliphatic heterocycles. The van der Waals surface area contributed by atoms with Gasteiger partial charge in [0.1, 0.15) is 0 Å². The van der Waals surface area contributed by atoms with Gasteiger partial charge in [-0.3, -0.25) is 4.79 Å². The van der Waals surface area contributed by atoms with E-state index in [-0.39, 0.29) is 42.5 Å². The van der Waals surface area contributed by atoms with Crippen LogP contribution in [0.15, 0.2) is 41.4 Å². The van der Waals surface area contributed by atoms with E-state index in [2.05, 4.69) is 10.3 Å². The van der Waals surface area contributed by atoms with Gasteiger partial charge in [0.2, 0.25) is 15.9 Å². The van der Waals surface area contributed by atoms with Crippen LogP contribution in [0.5, 0.6) is 0 Å². The van der Waals surface area contributed by atoms with E-state index in [0.717, 1.165) is 5.69 Å². The Morgan fingerprint density at radius 3 is 2.73 bits per heavy atom. The predicted molar refractivity (Wildman–Crippen MR) is 122 cm³/mol. The Kier molecular flexibility index (Phi) is 8.57. The quantitative estimate of drug-likeness (QED) is 0.660. The van der Waals surface area contributed by atoms with Crippen molar-refractivity contribution in [3.63, 3.8) is 0 Å². The van der Waals surface area contributed by atoms with Crippen LogP contribution in [-0.4, -0.2) is 82.5 Å². The largest absolute Gasteiger partial charge is 0.394 e. The van der Waals surface area contributed by atoms with Gasteiger partial charge < -0.3 is 14.7 Å². The molecular formula is C22H33N5O5S. The van der Waals surface area contributed by atoms with Gasteiger partial charge in [0, 0.05) is 39.0 Å². The number of hydrogen-bond acceptors (Lipinski definition) is 7. The lowest BCUT2D eigenvalue weighted by atomic mass is 10.0. The van der Waals surface area contributed by atoms with Crippen molar-refractivity contribution < 1.29 is 23.1 Å². The fraction of sp³-hybridized carbons (Fsp3) is 0.591. The first-order valence-electron chi connectivity index (χ1n) is 11.1. The number of aliphatic hydroxyl groups excluding tert-OH is 1. The average molecular weight is 480 g/mol. The number of rotatable bonds is 6. The van der Waals surface area contributed by atoms with E-state index in [1.807, 2.05) is 6.92 Å². The molecule has 1 amide bonds. The summed E-state index contributed by atoms with van der Waals surface area (Å²) < 4.78 is 35.3. The lowest BCUT2D eigenvalue weighted by molar-refractivity contribution is -0.136. The summed E-state index contributed by atoms with van der Waals surface area (Å²) >= 11 is 0. The van der Waals surface area contributed by atoms with Crippen LogP contribution in [0, 0.1) is 5.92 Å². The fourth-order valence-corrected chi connectivity index (χ4v) is 5.07. The molecule has 182 valence electrons. The highest BCUT2D eigenvalue weighted by atomic mass is 32.2. The van der Waals surface area contributed by atoms with Gasteiger partial charge in [-0.2, -0.15) is 4.31 Å². The third-order valence-corrected chi connectivity index (χ3v) is 7.87. The molecule has 0 saturated heterocycles. The molecule has 11 heteroatoms. The average Bonchev–Trinajstić information content (AvgIpc) is 3.26. The number of aliphatic hydroxyl groups is 1. The van der Waals surface area contributed by atoms with Crippen molar-refractivity contribution >= 4 is 15.9 Å². The predicted octanol–water partition coefficient (Wildman–Crippen LogP) is 1.12. The van der Waals surface area contributed by atoms with Gasteiger partial charge >= 0.3 is 0 Å². The number of carbonyl (C=O) groups excluding carboxylic acids is 1. The summed E-state index contributed by atoms with van der Waals surface area (Å²) in [7, 11) is -2.18. The van der Waals surface area contributed by atoms with E-state index in [1.165, 1.54) is 11.4 Å². The normalized spacial score (nSPS) is 21.8. The van der Waals surface area contributed by atoms with Gasteiger partial charge in [-0.25, -0.2) is 13.1 Å². The van der Waals surface area contributed by atoms with Gasteiger partial charge in [-0.05, 0) is 25.5 Å². The Morgan fingerprint density at radius 2 is 2.03 bits per heavy atom. The Hall–Kier alpha value is -2.34. The Bertz CT molecular complexity index is 1010. The molecule has 0 radical (unpaired) electrons. The SMILES string of the molecule is C[C@@H]1CN([C@@H](C)CO)C(=O)CCCn2nncc2CO[C@@H]1CN(C)S(=O)(=O)c1ccccc1. The second-order valence-corrected chi connectivity index (χ2v) is 10.6. The van der Waals surface area contributed by atoms with Crippen LogP contribution in [0.4, 0.5) is 0 Å². The van der Waals surface area contributed by atoms with Gasteiger partial charge in [-0.15, -0.1) is 5.10 Å². The van der Waals surface area contributed by atoms with E-state index < -0.39 is 16.1 Å². The van der Waals surface area contributed by atoms with Crippen LogP contribution in [0.25, 0.3) is 0 Å². The van der Waals surface area contributed by atoms with E-state index in [1.54, 1.807) is 53.0 Å². The zero-order valence-corrected chi connectivity index (χ0v) is 20.2. The van der Waals surface area contributed by atoms with Crippen molar-refractivity contribution in [2.24, 2.45) is 5.92 Å². The van der Waals surface area contributed by atoms with E-state index in [9.17, 15) is 18.3 Å². The third kappa shape index (κ3) is 6.17. The van der Waals surface area contributed by atoms with Crippen LogP contribution < -0.4 is 0 Å². The number of benzene rings is 1. The summed E-state index contributed by atoms with van der Waals surface area (Å²) in [6, 6.07) is 7.90. The zero-order chi connectivity index (χ0) is 24.0. The first-order valence-corrected chi connectivity index (χ1v) is 12.6. The molecule has 2 aromatic rings. The lowest BCUT2D eigenvalue weighted by Crippen LogP contribution is -2.47. The molecule has 0 spiro atoms. The topological polar surface area (TPSA) is 118 Å². The van der Waals surface area contributed by atoms with Crippen molar-refractivity contribution in [1.82, 2.24) is 24.2 Å². The van der Waals surface area contributed by atoms with E-state index in [4.69, 9.17) is 4.74 Å². The number of carbonyl (C=O) groups is 1. The summed E-state index contributed by atoms with van der Waals surface area (Å²) in [6.45, 7) is 4.78. The number of amides is 1. The molecular weight excluding hydrogens is 446 g/mol. The van der Waals surface area contributed by atoms with E-state index >= 15 is 0 Å². The second kappa shape index (κ2) is 11.2. The van der Waals surface area contributed by atoms with Crippen LogP contribution in [0.3, 0.4) is 0 Å². The maximum absolute atomic E-state index is 13.1. The molecule has 1 N–H and O–H groups in total. The van der Waals surface area contributed by atoms with Gasteiger partial charge in [0.15, 0.2) is 0 Å². The van der Waals surface area contributed by atoms with Gasteiger partial charge in [0.25, 0.3) is 0 Å². The highest BCUT2D eigenvalue weighted by Gasteiger charge is 2.31. The zero-order valence-electron chi connectivity index (χ0n) is 19.4. The number of fused-ring (bicyclic) bond motifs is 1. The minimum atomic E-state index is -3.70. The fourth-order valence-electron chi connectivity index (χ4n) is 3.87. The Morgan fingerprint density at radius 1 is 1.30 bits per heavy atom. The van der Waals surface area contributed by atoms with Gasteiger partial charge in [0.05, 0.1) is 42.1 Å². The number of aryl methyl sites for hydroxylation is 1. The molecule has 10 nitrogen and oxygen atoms in total. The molecule has 1 aromatic carbocycles.